The number of aromatic carboxylic acids is 1. The molecule has 0 aliphatic heterocycles. The third kappa shape index (κ3) is 2.63. The lowest BCUT2D eigenvalue weighted by atomic mass is 9.94. The molecule has 2 rings (SSSR count). The third-order valence-corrected chi connectivity index (χ3v) is 4.72. The Labute approximate surface area is 110 Å². The van der Waals surface area contributed by atoms with E-state index in [0.29, 0.717) is 16.0 Å². The Balaban J connectivity index is 2.34. The van der Waals surface area contributed by atoms with Crippen LogP contribution in [0.3, 0.4) is 0 Å². The number of carboxylic acid groups (broad SMARTS) is 1. The minimum absolute atomic E-state index is 0.261. The van der Waals surface area contributed by atoms with Crippen molar-refractivity contribution < 1.29 is 9.90 Å². The highest BCUT2D eigenvalue weighted by molar-refractivity contribution is 7.99. The quantitative estimate of drug-likeness (QED) is 0.913. The normalized spacial score (nSPS) is 24.8. The summed E-state index contributed by atoms with van der Waals surface area (Å²) in [5.74, 6) is -0.901. The van der Waals surface area contributed by atoms with Crippen molar-refractivity contribution in [1.82, 2.24) is 4.57 Å². The Morgan fingerprint density at radius 3 is 2.88 bits per heavy atom. The first-order valence-corrected chi connectivity index (χ1v) is 7.43. The summed E-state index contributed by atoms with van der Waals surface area (Å²) in [6.07, 6.45) is 8.44. The molecule has 1 N–H and O–H groups in total. The number of carbonyl (C=O) groups is 1. The molecule has 1 aromatic heterocycles. The summed E-state index contributed by atoms with van der Waals surface area (Å²) in [6.45, 7) is 0. The largest absolute Gasteiger partial charge is 0.477 e. The highest BCUT2D eigenvalue weighted by Crippen LogP contribution is 2.37. The summed E-state index contributed by atoms with van der Waals surface area (Å²) in [5, 5.41) is 10.2. The Bertz CT molecular complexity index is 419. The molecule has 1 fully saturated rings. The fraction of sp³-hybridized carbons (Fsp3) is 0.583. The molecule has 1 aliphatic carbocycles. The molecule has 0 radical (unpaired) electrons. The summed E-state index contributed by atoms with van der Waals surface area (Å²) >= 11 is 7.75. The zero-order valence-corrected chi connectivity index (χ0v) is 11.3. The third-order valence-electron chi connectivity index (χ3n) is 3.36. The smallest absolute Gasteiger partial charge is 0.352 e. The van der Waals surface area contributed by atoms with E-state index in [0.717, 1.165) is 19.3 Å². The number of nitrogens with zero attached hydrogens (tertiary/aromatic N) is 1. The topological polar surface area (TPSA) is 42.2 Å². The number of hydrogen-bond donors (Lipinski definition) is 1. The second-order valence-corrected chi connectivity index (χ2v) is 5.90. The van der Waals surface area contributed by atoms with Crippen molar-refractivity contribution in [1.29, 1.82) is 0 Å². The number of thioether (sulfide) groups is 1. The standard InChI is InChI=1S/C12H16ClNO2S/c1-17-11-5-3-2-4-9(11)14-7-8(13)6-10(14)12(15)16/h6-7,9,11H,2-5H2,1H3,(H,15,16). The fourth-order valence-electron chi connectivity index (χ4n) is 2.56. The lowest BCUT2D eigenvalue weighted by molar-refractivity contribution is 0.0681. The fourth-order valence-corrected chi connectivity index (χ4v) is 3.75. The van der Waals surface area contributed by atoms with Crippen LogP contribution < -0.4 is 0 Å². The van der Waals surface area contributed by atoms with E-state index in [9.17, 15) is 9.90 Å². The van der Waals surface area contributed by atoms with Gasteiger partial charge in [-0.2, -0.15) is 11.8 Å². The molecule has 17 heavy (non-hydrogen) atoms. The maximum Gasteiger partial charge on any atom is 0.352 e. The van der Waals surface area contributed by atoms with Crippen LogP contribution in [0.4, 0.5) is 0 Å². The molecule has 0 saturated heterocycles. The molecular formula is C12H16ClNO2S. The second kappa shape index (κ2) is 5.36. The van der Waals surface area contributed by atoms with E-state index in [4.69, 9.17) is 11.6 Å². The molecule has 2 unspecified atom stereocenters. The van der Waals surface area contributed by atoms with Crippen molar-refractivity contribution in [2.24, 2.45) is 0 Å². The molecule has 94 valence electrons. The van der Waals surface area contributed by atoms with E-state index in [-0.39, 0.29) is 6.04 Å². The molecule has 2 atom stereocenters. The van der Waals surface area contributed by atoms with Gasteiger partial charge in [0.2, 0.25) is 0 Å². The Morgan fingerprint density at radius 1 is 1.53 bits per heavy atom. The maximum atomic E-state index is 11.2. The van der Waals surface area contributed by atoms with Crippen molar-refractivity contribution in [3.8, 4) is 0 Å². The van der Waals surface area contributed by atoms with Gasteiger partial charge in [-0.05, 0) is 25.2 Å². The average Bonchev–Trinajstić information content (AvgIpc) is 2.71. The van der Waals surface area contributed by atoms with Gasteiger partial charge in [0.05, 0.1) is 5.02 Å². The van der Waals surface area contributed by atoms with Gasteiger partial charge in [0.15, 0.2) is 0 Å². The predicted molar refractivity (Wildman–Crippen MR) is 71.2 cm³/mol. The maximum absolute atomic E-state index is 11.2. The Kier molecular flexibility index (Phi) is 4.05. The number of hydrogen-bond acceptors (Lipinski definition) is 2. The summed E-state index contributed by atoms with van der Waals surface area (Å²) in [5.41, 5.74) is 0.306. The van der Waals surface area contributed by atoms with Gasteiger partial charge in [0.25, 0.3) is 0 Å². The van der Waals surface area contributed by atoms with Crippen LogP contribution in [0.15, 0.2) is 12.3 Å². The highest BCUT2D eigenvalue weighted by Gasteiger charge is 2.28. The van der Waals surface area contributed by atoms with Gasteiger partial charge in [-0.3, -0.25) is 0 Å². The molecular weight excluding hydrogens is 258 g/mol. The molecule has 0 aromatic carbocycles. The molecule has 3 nitrogen and oxygen atoms in total. The molecule has 0 amide bonds. The van der Waals surface area contributed by atoms with Gasteiger partial charge >= 0.3 is 5.97 Å². The zero-order valence-electron chi connectivity index (χ0n) is 9.73. The van der Waals surface area contributed by atoms with Crippen LogP contribution in [-0.2, 0) is 0 Å². The lowest BCUT2D eigenvalue weighted by Gasteiger charge is -2.32. The first-order chi connectivity index (χ1) is 8.13. The van der Waals surface area contributed by atoms with Crippen LogP contribution >= 0.6 is 23.4 Å². The Hall–Kier alpha value is -0.610. The summed E-state index contributed by atoms with van der Waals surface area (Å²) in [6, 6.07) is 1.80. The molecule has 1 saturated carbocycles. The summed E-state index contributed by atoms with van der Waals surface area (Å²) in [7, 11) is 0. The summed E-state index contributed by atoms with van der Waals surface area (Å²) < 4.78 is 1.85. The van der Waals surface area contributed by atoms with Crippen molar-refractivity contribution in [2.75, 3.05) is 6.26 Å². The predicted octanol–water partition coefficient (Wildman–Crippen LogP) is 3.69. The van der Waals surface area contributed by atoms with Crippen LogP contribution in [0.2, 0.25) is 5.02 Å². The van der Waals surface area contributed by atoms with E-state index < -0.39 is 5.97 Å². The van der Waals surface area contributed by atoms with Crippen LogP contribution in [0, 0.1) is 0 Å². The Morgan fingerprint density at radius 2 is 2.24 bits per heavy atom. The molecule has 1 aromatic rings. The molecule has 0 spiro atoms. The number of carboxylic acids is 1. The van der Waals surface area contributed by atoms with E-state index >= 15 is 0 Å². The minimum atomic E-state index is -0.901. The van der Waals surface area contributed by atoms with Gasteiger partial charge in [-0.15, -0.1) is 0 Å². The number of aromatic nitrogens is 1. The van der Waals surface area contributed by atoms with Crippen LogP contribution in [0.25, 0.3) is 0 Å². The van der Waals surface area contributed by atoms with Gasteiger partial charge < -0.3 is 9.67 Å². The molecule has 1 aliphatic rings. The first-order valence-electron chi connectivity index (χ1n) is 5.77. The van der Waals surface area contributed by atoms with Gasteiger partial charge in [-0.1, -0.05) is 24.4 Å². The van der Waals surface area contributed by atoms with Crippen molar-refractivity contribution in [3.05, 3.63) is 23.0 Å². The zero-order chi connectivity index (χ0) is 12.4. The number of rotatable bonds is 3. The van der Waals surface area contributed by atoms with E-state index in [2.05, 4.69) is 6.26 Å². The van der Waals surface area contributed by atoms with Crippen molar-refractivity contribution in [2.45, 2.75) is 37.0 Å². The van der Waals surface area contributed by atoms with Crippen LogP contribution in [0.5, 0.6) is 0 Å². The highest BCUT2D eigenvalue weighted by atomic mass is 35.5. The van der Waals surface area contributed by atoms with Crippen LogP contribution in [0.1, 0.15) is 42.2 Å². The van der Waals surface area contributed by atoms with E-state index in [1.807, 2.05) is 16.3 Å². The van der Waals surface area contributed by atoms with Gasteiger partial charge in [0, 0.05) is 17.5 Å². The average molecular weight is 274 g/mol. The molecule has 5 heteroatoms. The SMILES string of the molecule is CSC1CCCCC1n1cc(Cl)cc1C(=O)O. The van der Waals surface area contributed by atoms with Gasteiger partial charge in [0.1, 0.15) is 5.69 Å². The molecule has 1 heterocycles. The first kappa shape index (κ1) is 12.8. The minimum Gasteiger partial charge on any atom is -0.477 e. The number of halogens is 1. The van der Waals surface area contributed by atoms with Crippen molar-refractivity contribution in [3.63, 3.8) is 0 Å². The van der Waals surface area contributed by atoms with E-state index in [1.165, 1.54) is 12.5 Å². The lowest BCUT2D eigenvalue weighted by Crippen LogP contribution is -2.27. The van der Waals surface area contributed by atoms with Gasteiger partial charge in [-0.25, -0.2) is 4.79 Å². The van der Waals surface area contributed by atoms with Crippen molar-refractivity contribution >= 4 is 29.3 Å². The van der Waals surface area contributed by atoms with E-state index in [1.54, 1.807) is 6.20 Å². The monoisotopic (exact) mass is 273 g/mol. The second-order valence-electron chi connectivity index (χ2n) is 4.38. The molecule has 0 bridgehead atoms. The summed E-state index contributed by atoms with van der Waals surface area (Å²) in [4.78, 5) is 11.2. The van der Waals surface area contributed by atoms with Crippen LogP contribution in [-0.4, -0.2) is 27.1 Å².